The molecule has 2 aromatic heterocycles. The Morgan fingerprint density at radius 2 is 1.95 bits per heavy atom. The van der Waals surface area contributed by atoms with Crippen molar-refractivity contribution in [2.75, 3.05) is 0 Å². The molecule has 20 heavy (non-hydrogen) atoms. The molecule has 2 rings (SSSR count). The molecule has 0 fully saturated rings. The van der Waals surface area contributed by atoms with Gasteiger partial charge in [-0.2, -0.15) is 0 Å². The average molecular weight is 299 g/mol. The van der Waals surface area contributed by atoms with E-state index in [2.05, 4.69) is 4.98 Å². The van der Waals surface area contributed by atoms with Crippen molar-refractivity contribution in [1.29, 1.82) is 0 Å². The zero-order chi connectivity index (χ0) is 15.0. The van der Waals surface area contributed by atoms with Gasteiger partial charge in [-0.15, -0.1) is 11.6 Å². The molecule has 7 heteroatoms. The molecule has 6 nitrogen and oxygen atoms in total. The van der Waals surface area contributed by atoms with Crippen LogP contribution in [0.3, 0.4) is 0 Å². The van der Waals surface area contributed by atoms with E-state index in [1.54, 1.807) is 23.1 Å². The third kappa shape index (κ3) is 1.98. The molecule has 0 aliphatic rings. The Balaban J connectivity index is 3.04. The summed E-state index contributed by atoms with van der Waals surface area (Å²) >= 11 is 5.86. The highest BCUT2D eigenvalue weighted by Crippen LogP contribution is 2.16. The van der Waals surface area contributed by atoms with Crippen LogP contribution in [0, 0.1) is 0 Å². The fourth-order valence-corrected chi connectivity index (χ4v) is 2.59. The van der Waals surface area contributed by atoms with Crippen LogP contribution in [0.15, 0.2) is 9.59 Å². The van der Waals surface area contributed by atoms with Crippen LogP contribution >= 0.6 is 11.6 Å². The minimum atomic E-state index is -0.307. The van der Waals surface area contributed by atoms with Gasteiger partial charge in [0.25, 0.3) is 5.56 Å². The quantitative estimate of drug-likeness (QED) is 0.806. The summed E-state index contributed by atoms with van der Waals surface area (Å²) in [5, 5.41) is 0. The van der Waals surface area contributed by atoms with E-state index >= 15 is 0 Å². The summed E-state index contributed by atoms with van der Waals surface area (Å²) in [6.07, 6.45) is 0.781. The number of imidazole rings is 1. The van der Waals surface area contributed by atoms with Crippen molar-refractivity contribution >= 4 is 22.8 Å². The number of nitrogens with zero attached hydrogens (tertiary/aromatic N) is 4. The first-order valence-electron chi connectivity index (χ1n) is 6.74. The van der Waals surface area contributed by atoms with Crippen LogP contribution in [0.2, 0.25) is 0 Å². The Morgan fingerprint density at radius 1 is 1.30 bits per heavy atom. The molecule has 0 N–H and O–H groups in total. The molecule has 0 aromatic carbocycles. The van der Waals surface area contributed by atoms with Gasteiger partial charge in [0.15, 0.2) is 11.2 Å². The molecule has 0 spiro atoms. The lowest BCUT2D eigenvalue weighted by atomic mass is 10.2. The van der Waals surface area contributed by atoms with Crippen molar-refractivity contribution < 1.29 is 0 Å². The molecule has 110 valence electrons. The minimum Gasteiger partial charge on any atom is -0.324 e. The predicted molar refractivity (Wildman–Crippen MR) is 79.5 cm³/mol. The maximum atomic E-state index is 12.5. The van der Waals surface area contributed by atoms with Crippen molar-refractivity contribution in [2.24, 2.45) is 7.05 Å². The first-order chi connectivity index (χ1) is 9.47. The molecule has 1 atom stereocenters. The van der Waals surface area contributed by atoms with Crippen molar-refractivity contribution in [2.45, 2.75) is 45.7 Å². The Morgan fingerprint density at radius 3 is 2.45 bits per heavy atom. The molecule has 0 bridgehead atoms. The second-order valence-corrected chi connectivity index (χ2v) is 5.12. The number of fused-ring (bicyclic) bond motifs is 1. The van der Waals surface area contributed by atoms with Crippen LogP contribution in [-0.2, 0) is 19.5 Å². The van der Waals surface area contributed by atoms with Crippen LogP contribution in [0.1, 0.15) is 39.1 Å². The second kappa shape index (κ2) is 5.44. The third-order valence-electron chi connectivity index (χ3n) is 3.75. The van der Waals surface area contributed by atoms with E-state index < -0.39 is 0 Å². The number of aryl methyl sites for hydroxylation is 1. The maximum Gasteiger partial charge on any atom is 0.332 e. The van der Waals surface area contributed by atoms with Crippen molar-refractivity contribution in [3.8, 4) is 0 Å². The molecular weight excluding hydrogens is 280 g/mol. The highest BCUT2D eigenvalue weighted by atomic mass is 35.5. The van der Waals surface area contributed by atoms with E-state index in [1.807, 2.05) is 13.8 Å². The van der Waals surface area contributed by atoms with Gasteiger partial charge in [0.2, 0.25) is 0 Å². The largest absolute Gasteiger partial charge is 0.332 e. The molecule has 0 saturated carbocycles. The molecule has 1 unspecified atom stereocenters. The van der Waals surface area contributed by atoms with Gasteiger partial charge in [0.05, 0.1) is 5.88 Å². The minimum absolute atomic E-state index is 0.0264. The van der Waals surface area contributed by atoms with E-state index in [-0.39, 0.29) is 23.2 Å². The monoisotopic (exact) mass is 298 g/mol. The van der Waals surface area contributed by atoms with E-state index in [0.717, 1.165) is 6.42 Å². The second-order valence-electron chi connectivity index (χ2n) is 4.85. The molecule has 0 amide bonds. The van der Waals surface area contributed by atoms with Gasteiger partial charge in [0.1, 0.15) is 5.82 Å². The number of hydrogen-bond acceptors (Lipinski definition) is 3. The summed E-state index contributed by atoms with van der Waals surface area (Å²) < 4.78 is 4.51. The Kier molecular flexibility index (Phi) is 4.04. The predicted octanol–water partition coefficient (Wildman–Crippen LogP) is 1.63. The zero-order valence-corrected chi connectivity index (χ0v) is 12.9. The van der Waals surface area contributed by atoms with Gasteiger partial charge in [-0.05, 0) is 20.3 Å². The first-order valence-corrected chi connectivity index (χ1v) is 7.27. The normalized spacial score (nSPS) is 13.1. The van der Waals surface area contributed by atoms with E-state index in [1.165, 1.54) is 4.57 Å². The van der Waals surface area contributed by atoms with Gasteiger partial charge >= 0.3 is 5.69 Å². The Hall–Kier alpha value is -1.56. The fraction of sp³-hybridized carbons (Fsp3) is 0.615. The molecule has 0 aliphatic heterocycles. The number of aromatic nitrogens is 4. The summed E-state index contributed by atoms with van der Waals surface area (Å²) in [5.41, 5.74) is 0.247. The van der Waals surface area contributed by atoms with Crippen molar-refractivity contribution in [3.63, 3.8) is 0 Å². The van der Waals surface area contributed by atoms with Gasteiger partial charge in [0, 0.05) is 19.6 Å². The van der Waals surface area contributed by atoms with E-state index in [9.17, 15) is 9.59 Å². The van der Waals surface area contributed by atoms with Crippen molar-refractivity contribution in [1.82, 2.24) is 18.7 Å². The average Bonchev–Trinajstić information content (AvgIpc) is 2.76. The number of halogens is 1. The summed E-state index contributed by atoms with van der Waals surface area (Å²) in [6.45, 7) is 6.07. The van der Waals surface area contributed by atoms with Gasteiger partial charge < -0.3 is 4.57 Å². The maximum absolute atomic E-state index is 12.5. The first kappa shape index (κ1) is 14.8. The number of rotatable bonds is 4. The summed E-state index contributed by atoms with van der Waals surface area (Å²) in [6, 6.07) is -0.0264. The zero-order valence-electron chi connectivity index (χ0n) is 12.2. The van der Waals surface area contributed by atoms with E-state index in [4.69, 9.17) is 11.6 Å². The summed E-state index contributed by atoms with van der Waals surface area (Å²) in [5.74, 6) is 0.787. The van der Waals surface area contributed by atoms with Gasteiger partial charge in [-0.25, -0.2) is 9.78 Å². The van der Waals surface area contributed by atoms with Gasteiger partial charge in [-0.1, -0.05) is 6.92 Å². The SMILES string of the molecule is CCC(C)n1c(=O)n(CC)c(=O)c2c1nc(CCl)n2C. The highest BCUT2D eigenvalue weighted by Gasteiger charge is 2.21. The third-order valence-corrected chi connectivity index (χ3v) is 3.99. The lowest BCUT2D eigenvalue weighted by Gasteiger charge is -2.15. The van der Waals surface area contributed by atoms with Crippen LogP contribution in [0.5, 0.6) is 0 Å². The molecule has 0 aliphatic carbocycles. The summed E-state index contributed by atoms with van der Waals surface area (Å²) in [7, 11) is 1.75. The van der Waals surface area contributed by atoms with Crippen molar-refractivity contribution in [3.05, 3.63) is 26.7 Å². The van der Waals surface area contributed by atoms with Crippen LogP contribution in [0.25, 0.3) is 11.2 Å². The fourth-order valence-electron chi connectivity index (χ4n) is 2.35. The standard InChI is InChI=1S/C13H19ClN4O2/c1-5-8(3)18-11-10(16(4)9(7-14)15-11)12(19)17(6-2)13(18)20/h8H,5-7H2,1-4H3. The number of hydrogen-bond donors (Lipinski definition) is 0. The van der Waals surface area contributed by atoms with Crippen LogP contribution in [0.4, 0.5) is 0 Å². The molecular formula is C13H19ClN4O2. The smallest absolute Gasteiger partial charge is 0.324 e. The Bertz CT molecular complexity index is 756. The lowest BCUT2D eigenvalue weighted by molar-refractivity contribution is 0.489. The summed E-state index contributed by atoms with van der Waals surface area (Å²) in [4.78, 5) is 29.3. The Labute approximate surface area is 121 Å². The molecule has 0 radical (unpaired) electrons. The lowest BCUT2D eigenvalue weighted by Crippen LogP contribution is -2.41. The number of alkyl halides is 1. The molecule has 2 heterocycles. The molecule has 2 aromatic rings. The topological polar surface area (TPSA) is 61.8 Å². The van der Waals surface area contributed by atoms with Crippen LogP contribution in [-0.4, -0.2) is 18.7 Å². The highest BCUT2D eigenvalue weighted by molar-refractivity contribution is 6.16. The van der Waals surface area contributed by atoms with E-state index in [0.29, 0.717) is 23.5 Å². The molecule has 0 saturated heterocycles. The van der Waals surface area contributed by atoms with Crippen LogP contribution < -0.4 is 11.2 Å². The van der Waals surface area contributed by atoms with Gasteiger partial charge in [-0.3, -0.25) is 13.9 Å².